The average molecular weight is 306 g/mol. The van der Waals surface area contributed by atoms with Crippen LogP contribution in [0, 0.1) is 0 Å². The summed E-state index contributed by atoms with van der Waals surface area (Å²) in [5.41, 5.74) is 7.05. The van der Waals surface area contributed by atoms with E-state index in [1.807, 2.05) is 42.5 Å². The molecule has 2 rings (SSSR count). The van der Waals surface area contributed by atoms with Crippen molar-refractivity contribution in [3.63, 3.8) is 0 Å². The van der Waals surface area contributed by atoms with E-state index >= 15 is 0 Å². The van der Waals surface area contributed by atoms with Gasteiger partial charge in [-0.25, -0.2) is 0 Å². The standard InChI is InChI=1S/C17H20ClNO2/c1-20-15-6-4-5-13(11-15)14(12-19)9-10-21-17-8-3-2-7-16(17)18/h2-8,11,14H,9-10,12,19H2,1H3. The van der Waals surface area contributed by atoms with Crippen molar-refractivity contribution in [2.75, 3.05) is 20.3 Å². The lowest BCUT2D eigenvalue weighted by molar-refractivity contribution is 0.298. The molecule has 0 fully saturated rings. The minimum absolute atomic E-state index is 0.239. The third kappa shape index (κ3) is 4.38. The van der Waals surface area contributed by atoms with E-state index in [2.05, 4.69) is 6.07 Å². The summed E-state index contributed by atoms with van der Waals surface area (Å²) in [6.45, 7) is 1.14. The first-order valence-corrected chi connectivity index (χ1v) is 7.33. The molecule has 0 aliphatic heterocycles. The number of rotatable bonds is 7. The number of para-hydroxylation sites is 1. The summed E-state index contributed by atoms with van der Waals surface area (Å²) >= 11 is 6.06. The van der Waals surface area contributed by atoms with Crippen molar-refractivity contribution in [2.45, 2.75) is 12.3 Å². The third-order valence-electron chi connectivity index (χ3n) is 3.41. The summed E-state index contributed by atoms with van der Waals surface area (Å²) < 4.78 is 11.0. The predicted molar refractivity (Wildman–Crippen MR) is 86.4 cm³/mol. The van der Waals surface area contributed by atoms with Gasteiger partial charge in [0.25, 0.3) is 0 Å². The van der Waals surface area contributed by atoms with Crippen LogP contribution in [0.2, 0.25) is 5.02 Å². The second-order valence-corrected chi connectivity index (χ2v) is 5.18. The van der Waals surface area contributed by atoms with Crippen molar-refractivity contribution in [3.05, 3.63) is 59.1 Å². The predicted octanol–water partition coefficient (Wildman–Crippen LogP) is 3.86. The fraction of sp³-hybridized carbons (Fsp3) is 0.294. The highest BCUT2D eigenvalue weighted by Crippen LogP contribution is 2.26. The molecule has 0 saturated heterocycles. The molecule has 112 valence electrons. The molecule has 21 heavy (non-hydrogen) atoms. The molecular weight excluding hydrogens is 286 g/mol. The fourth-order valence-corrected chi connectivity index (χ4v) is 2.38. The lowest BCUT2D eigenvalue weighted by Gasteiger charge is -2.16. The lowest BCUT2D eigenvalue weighted by Crippen LogP contribution is -2.15. The van der Waals surface area contributed by atoms with Gasteiger partial charge in [-0.3, -0.25) is 0 Å². The van der Waals surface area contributed by atoms with Crippen molar-refractivity contribution in [2.24, 2.45) is 5.73 Å². The number of nitrogens with two attached hydrogens (primary N) is 1. The van der Waals surface area contributed by atoms with Gasteiger partial charge in [-0.2, -0.15) is 0 Å². The Morgan fingerprint density at radius 1 is 1.14 bits per heavy atom. The monoisotopic (exact) mass is 305 g/mol. The highest BCUT2D eigenvalue weighted by atomic mass is 35.5. The van der Waals surface area contributed by atoms with Crippen LogP contribution in [0.1, 0.15) is 17.9 Å². The van der Waals surface area contributed by atoms with Gasteiger partial charge in [-0.15, -0.1) is 0 Å². The quantitative estimate of drug-likeness (QED) is 0.845. The minimum Gasteiger partial charge on any atom is -0.497 e. The Morgan fingerprint density at radius 2 is 1.95 bits per heavy atom. The molecule has 0 aromatic heterocycles. The molecule has 0 aliphatic rings. The molecule has 4 heteroatoms. The summed E-state index contributed by atoms with van der Waals surface area (Å²) in [4.78, 5) is 0. The number of hydrogen-bond acceptors (Lipinski definition) is 3. The zero-order chi connectivity index (χ0) is 15.1. The molecule has 0 saturated carbocycles. The Balaban J connectivity index is 1.95. The summed E-state index contributed by atoms with van der Waals surface area (Å²) in [7, 11) is 1.66. The van der Waals surface area contributed by atoms with E-state index in [1.54, 1.807) is 7.11 Å². The molecule has 1 unspecified atom stereocenters. The van der Waals surface area contributed by atoms with Crippen LogP contribution in [0.25, 0.3) is 0 Å². The second kappa shape index (κ2) is 7.91. The fourth-order valence-electron chi connectivity index (χ4n) is 2.19. The van der Waals surface area contributed by atoms with Crippen LogP contribution in [0.4, 0.5) is 0 Å². The Morgan fingerprint density at radius 3 is 2.67 bits per heavy atom. The Hall–Kier alpha value is -1.71. The zero-order valence-electron chi connectivity index (χ0n) is 12.1. The van der Waals surface area contributed by atoms with Crippen LogP contribution in [0.3, 0.4) is 0 Å². The molecule has 2 aromatic rings. The molecule has 0 bridgehead atoms. The van der Waals surface area contributed by atoms with Crippen molar-refractivity contribution in [3.8, 4) is 11.5 Å². The van der Waals surface area contributed by atoms with Gasteiger partial charge in [0.15, 0.2) is 0 Å². The minimum atomic E-state index is 0.239. The van der Waals surface area contributed by atoms with Gasteiger partial charge in [0.05, 0.1) is 18.7 Å². The highest BCUT2D eigenvalue weighted by molar-refractivity contribution is 6.32. The van der Waals surface area contributed by atoms with Crippen molar-refractivity contribution < 1.29 is 9.47 Å². The number of halogens is 1. The first-order chi connectivity index (χ1) is 10.2. The number of hydrogen-bond donors (Lipinski definition) is 1. The molecule has 1 atom stereocenters. The second-order valence-electron chi connectivity index (χ2n) is 4.78. The maximum Gasteiger partial charge on any atom is 0.137 e. The van der Waals surface area contributed by atoms with Crippen molar-refractivity contribution in [1.82, 2.24) is 0 Å². The molecule has 2 aromatic carbocycles. The molecule has 3 nitrogen and oxygen atoms in total. The van der Waals surface area contributed by atoms with Crippen LogP contribution in [-0.4, -0.2) is 20.3 Å². The lowest BCUT2D eigenvalue weighted by atomic mass is 9.96. The summed E-state index contributed by atoms with van der Waals surface area (Å²) in [6.07, 6.45) is 0.828. The number of benzene rings is 2. The number of ether oxygens (including phenoxy) is 2. The van der Waals surface area contributed by atoms with Crippen LogP contribution >= 0.6 is 11.6 Å². The van der Waals surface area contributed by atoms with E-state index in [1.165, 1.54) is 5.56 Å². The van der Waals surface area contributed by atoms with Crippen LogP contribution in [0.5, 0.6) is 11.5 Å². The largest absolute Gasteiger partial charge is 0.497 e. The van der Waals surface area contributed by atoms with E-state index in [0.29, 0.717) is 23.9 Å². The average Bonchev–Trinajstić information content (AvgIpc) is 2.53. The smallest absolute Gasteiger partial charge is 0.137 e. The van der Waals surface area contributed by atoms with Crippen molar-refractivity contribution >= 4 is 11.6 Å². The molecule has 0 amide bonds. The summed E-state index contributed by atoms with van der Waals surface area (Å²) in [6, 6.07) is 15.5. The molecular formula is C17H20ClNO2. The molecule has 2 N–H and O–H groups in total. The van der Waals surface area contributed by atoms with Crippen LogP contribution in [-0.2, 0) is 0 Å². The number of methoxy groups -OCH3 is 1. The van der Waals surface area contributed by atoms with E-state index < -0.39 is 0 Å². The van der Waals surface area contributed by atoms with E-state index in [9.17, 15) is 0 Å². The van der Waals surface area contributed by atoms with Gasteiger partial charge < -0.3 is 15.2 Å². The maximum atomic E-state index is 6.06. The highest BCUT2D eigenvalue weighted by Gasteiger charge is 2.11. The van der Waals surface area contributed by atoms with Crippen molar-refractivity contribution in [1.29, 1.82) is 0 Å². The molecule has 0 radical (unpaired) electrons. The van der Waals surface area contributed by atoms with E-state index in [-0.39, 0.29) is 5.92 Å². The Bertz CT molecular complexity index is 574. The van der Waals surface area contributed by atoms with Gasteiger partial charge in [0, 0.05) is 0 Å². The Kier molecular flexibility index (Phi) is 5.90. The molecule has 0 spiro atoms. The molecule has 0 heterocycles. The summed E-state index contributed by atoms with van der Waals surface area (Å²) in [5.74, 6) is 1.79. The van der Waals surface area contributed by atoms with E-state index in [4.69, 9.17) is 26.8 Å². The van der Waals surface area contributed by atoms with Crippen LogP contribution < -0.4 is 15.2 Å². The van der Waals surface area contributed by atoms with Crippen LogP contribution in [0.15, 0.2) is 48.5 Å². The first-order valence-electron chi connectivity index (χ1n) is 6.96. The first kappa shape index (κ1) is 15.7. The maximum absolute atomic E-state index is 6.06. The SMILES string of the molecule is COc1cccc(C(CN)CCOc2ccccc2Cl)c1. The molecule has 0 aliphatic carbocycles. The third-order valence-corrected chi connectivity index (χ3v) is 3.72. The van der Waals surface area contributed by atoms with E-state index in [0.717, 1.165) is 12.2 Å². The normalized spacial score (nSPS) is 12.0. The summed E-state index contributed by atoms with van der Waals surface area (Å²) in [5, 5.41) is 0.628. The topological polar surface area (TPSA) is 44.5 Å². The van der Waals surface area contributed by atoms with Gasteiger partial charge in [-0.05, 0) is 48.7 Å². The van der Waals surface area contributed by atoms with Gasteiger partial charge in [0.2, 0.25) is 0 Å². The van der Waals surface area contributed by atoms with Gasteiger partial charge in [0.1, 0.15) is 11.5 Å². The van der Waals surface area contributed by atoms with Gasteiger partial charge in [-0.1, -0.05) is 35.9 Å². The van der Waals surface area contributed by atoms with Gasteiger partial charge >= 0.3 is 0 Å². The Labute approximate surface area is 130 Å². The zero-order valence-corrected chi connectivity index (χ0v) is 12.8.